The van der Waals surface area contributed by atoms with E-state index in [0.29, 0.717) is 5.75 Å². The van der Waals surface area contributed by atoms with Crippen molar-refractivity contribution in [2.24, 2.45) is 5.41 Å². The van der Waals surface area contributed by atoms with Crippen molar-refractivity contribution in [3.63, 3.8) is 0 Å². The van der Waals surface area contributed by atoms with E-state index in [1.54, 1.807) is 12.1 Å². The van der Waals surface area contributed by atoms with Gasteiger partial charge in [0.15, 0.2) is 5.90 Å². The Kier molecular flexibility index (Phi) is 3.89. The number of hydrogen-bond donors (Lipinski definition) is 2. The van der Waals surface area contributed by atoms with E-state index in [1.165, 1.54) is 12.1 Å². The molecule has 0 aliphatic rings. The van der Waals surface area contributed by atoms with Gasteiger partial charge in [-0.15, -0.1) is 0 Å². The van der Waals surface area contributed by atoms with Crippen LogP contribution in [0.3, 0.4) is 0 Å². The van der Waals surface area contributed by atoms with Crippen LogP contribution in [0, 0.1) is 10.8 Å². The number of aromatic carboxylic acids is 1. The molecule has 4 heteroatoms. The van der Waals surface area contributed by atoms with E-state index in [2.05, 4.69) is 0 Å². The molecule has 0 saturated carbocycles. The van der Waals surface area contributed by atoms with Crippen LogP contribution in [0.2, 0.25) is 0 Å². The van der Waals surface area contributed by atoms with E-state index in [1.807, 2.05) is 20.8 Å². The lowest BCUT2D eigenvalue weighted by molar-refractivity contribution is 0.0697. The fraction of sp³-hybridized carbons (Fsp3) is 0.385. The van der Waals surface area contributed by atoms with Gasteiger partial charge in [-0.05, 0) is 30.7 Å². The van der Waals surface area contributed by atoms with Gasteiger partial charge in [0.2, 0.25) is 0 Å². The van der Waals surface area contributed by atoms with E-state index >= 15 is 0 Å². The van der Waals surface area contributed by atoms with E-state index in [0.717, 1.165) is 6.42 Å². The van der Waals surface area contributed by atoms with Crippen molar-refractivity contribution in [3.05, 3.63) is 29.8 Å². The van der Waals surface area contributed by atoms with Crippen molar-refractivity contribution in [1.29, 1.82) is 5.41 Å². The highest BCUT2D eigenvalue weighted by Crippen LogP contribution is 2.24. The standard InChI is InChI=1S/C13H17NO3/c1-4-13(2,3)12(14)17-10-7-5-9(6-8-10)11(15)16/h5-8,14H,4H2,1-3H3,(H,15,16). The van der Waals surface area contributed by atoms with Gasteiger partial charge < -0.3 is 9.84 Å². The van der Waals surface area contributed by atoms with Crippen LogP contribution in [0.25, 0.3) is 0 Å². The second kappa shape index (κ2) is 4.99. The average Bonchev–Trinajstić information content (AvgIpc) is 2.29. The topological polar surface area (TPSA) is 70.4 Å². The van der Waals surface area contributed by atoms with Crippen LogP contribution in [0.15, 0.2) is 24.3 Å². The van der Waals surface area contributed by atoms with Gasteiger partial charge in [-0.3, -0.25) is 5.41 Å². The Hall–Kier alpha value is -1.84. The molecule has 0 heterocycles. The summed E-state index contributed by atoms with van der Waals surface area (Å²) in [6.07, 6.45) is 0.805. The number of hydrogen-bond acceptors (Lipinski definition) is 3. The molecule has 17 heavy (non-hydrogen) atoms. The molecule has 4 nitrogen and oxygen atoms in total. The van der Waals surface area contributed by atoms with Gasteiger partial charge >= 0.3 is 5.97 Å². The normalized spacial score (nSPS) is 11.0. The number of ether oxygens (including phenoxy) is 1. The van der Waals surface area contributed by atoms with E-state index in [9.17, 15) is 4.79 Å². The Morgan fingerprint density at radius 3 is 2.29 bits per heavy atom. The monoisotopic (exact) mass is 235 g/mol. The minimum atomic E-state index is -0.972. The minimum Gasteiger partial charge on any atom is -0.478 e. The maximum atomic E-state index is 10.7. The highest BCUT2D eigenvalue weighted by atomic mass is 16.5. The lowest BCUT2D eigenvalue weighted by atomic mass is 9.90. The van der Waals surface area contributed by atoms with Gasteiger partial charge in [-0.2, -0.15) is 0 Å². The first-order valence-electron chi connectivity index (χ1n) is 5.47. The molecular weight excluding hydrogens is 218 g/mol. The molecule has 1 aromatic rings. The summed E-state index contributed by atoms with van der Waals surface area (Å²) in [6, 6.07) is 6.04. The van der Waals surface area contributed by atoms with Crippen LogP contribution >= 0.6 is 0 Å². The fourth-order valence-corrected chi connectivity index (χ4v) is 1.08. The van der Waals surface area contributed by atoms with Gasteiger partial charge in [-0.25, -0.2) is 4.79 Å². The number of benzene rings is 1. The third kappa shape index (κ3) is 3.31. The number of nitrogens with one attached hydrogen (secondary N) is 1. The maximum Gasteiger partial charge on any atom is 0.335 e. The van der Waals surface area contributed by atoms with E-state index in [4.69, 9.17) is 15.3 Å². The molecule has 0 aliphatic heterocycles. The summed E-state index contributed by atoms with van der Waals surface area (Å²) in [6.45, 7) is 5.85. The van der Waals surface area contributed by atoms with Crippen molar-refractivity contribution >= 4 is 11.9 Å². The zero-order valence-electron chi connectivity index (χ0n) is 10.3. The molecule has 1 aromatic carbocycles. The summed E-state index contributed by atoms with van der Waals surface area (Å²) in [5, 5.41) is 16.6. The molecule has 0 saturated heterocycles. The molecular formula is C13H17NO3. The van der Waals surface area contributed by atoms with Gasteiger partial charge in [-0.1, -0.05) is 20.8 Å². The smallest absolute Gasteiger partial charge is 0.335 e. The van der Waals surface area contributed by atoms with Crippen LogP contribution in [0.5, 0.6) is 5.75 Å². The summed E-state index contributed by atoms with van der Waals surface area (Å²) in [4.78, 5) is 10.7. The maximum absolute atomic E-state index is 10.7. The largest absolute Gasteiger partial charge is 0.478 e. The van der Waals surface area contributed by atoms with Crippen molar-refractivity contribution in [2.75, 3.05) is 0 Å². The number of carboxylic acids is 1. The van der Waals surface area contributed by atoms with Crippen molar-refractivity contribution in [1.82, 2.24) is 0 Å². The zero-order chi connectivity index (χ0) is 13.1. The quantitative estimate of drug-likeness (QED) is 0.622. The van der Waals surface area contributed by atoms with E-state index < -0.39 is 5.97 Å². The highest BCUT2D eigenvalue weighted by Gasteiger charge is 2.23. The van der Waals surface area contributed by atoms with Crippen LogP contribution in [-0.2, 0) is 0 Å². The predicted octanol–water partition coefficient (Wildman–Crippen LogP) is 3.18. The third-order valence-electron chi connectivity index (χ3n) is 2.82. The minimum absolute atomic E-state index is 0.183. The molecule has 0 fully saturated rings. The zero-order valence-corrected chi connectivity index (χ0v) is 10.3. The summed E-state index contributed by atoms with van der Waals surface area (Å²) >= 11 is 0. The molecule has 1 rings (SSSR count). The molecule has 0 aromatic heterocycles. The predicted molar refractivity (Wildman–Crippen MR) is 65.8 cm³/mol. The number of rotatable bonds is 4. The Bertz CT molecular complexity index is 421. The first-order valence-corrected chi connectivity index (χ1v) is 5.47. The molecule has 0 unspecified atom stereocenters. The molecule has 0 aliphatic carbocycles. The molecule has 2 N–H and O–H groups in total. The molecule has 92 valence electrons. The van der Waals surface area contributed by atoms with Crippen LogP contribution in [0.1, 0.15) is 37.6 Å². The Morgan fingerprint density at radius 2 is 1.88 bits per heavy atom. The first kappa shape index (κ1) is 13.2. The first-order chi connectivity index (χ1) is 7.86. The average molecular weight is 235 g/mol. The summed E-state index contributed by atoms with van der Waals surface area (Å²) in [5.74, 6) is -0.301. The third-order valence-corrected chi connectivity index (χ3v) is 2.82. The summed E-state index contributed by atoms with van der Waals surface area (Å²) in [5.41, 5.74) is -0.107. The molecule has 0 spiro atoms. The van der Waals surface area contributed by atoms with Gasteiger partial charge in [0.1, 0.15) is 5.75 Å². The SMILES string of the molecule is CCC(C)(C)C(=N)Oc1ccc(C(=O)O)cc1. The second-order valence-electron chi connectivity index (χ2n) is 4.50. The van der Waals surface area contributed by atoms with Gasteiger partial charge in [0.05, 0.1) is 5.56 Å². The van der Waals surface area contributed by atoms with Crippen LogP contribution in [-0.4, -0.2) is 17.0 Å². The van der Waals surface area contributed by atoms with Crippen molar-refractivity contribution < 1.29 is 14.6 Å². The molecule has 0 atom stereocenters. The van der Waals surface area contributed by atoms with Crippen LogP contribution in [0.4, 0.5) is 0 Å². The number of carbonyl (C=O) groups is 1. The molecule has 0 amide bonds. The Balaban J connectivity index is 2.76. The second-order valence-corrected chi connectivity index (χ2v) is 4.50. The van der Waals surface area contributed by atoms with Crippen molar-refractivity contribution in [3.8, 4) is 5.75 Å². The van der Waals surface area contributed by atoms with Crippen LogP contribution < -0.4 is 4.74 Å². The highest BCUT2D eigenvalue weighted by molar-refractivity contribution is 5.88. The number of carboxylic acid groups (broad SMARTS) is 1. The molecule has 0 radical (unpaired) electrons. The Labute approximate surface area is 101 Å². The molecule has 0 bridgehead atoms. The summed E-state index contributed by atoms with van der Waals surface area (Å²) in [7, 11) is 0. The lowest BCUT2D eigenvalue weighted by Gasteiger charge is -2.23. The van der Waals surface area contributed by atoms with Gasteiger partial charge in [0.25, 0.3) is 0 Å². The Morgan fingerprint density at radius 1 is 1.35 bits per heavy atom. The van der Waals surface area contributed by atoms with Gasteiger partial charge in [0, 0.05) is 5.41 Å². The van der Waals surface area contributed by atoms with Crippen molar-refractivity contribution in [2.45, 2.75) is 27.2 Å². The lowest BCUT2D eigenvalue weighted by Crippen LogP contribution is -2.27. The van der Waals surface area contributed by atoms with E-state index in [-0.39, 0.29) is 16.9 Å². The fourth-order valence-electron chi connectivity index (χ4n) is 1.08. The summed E-state index contributed by atoms with van der Waals surface area (Å²) < 4.78 is 5.40.